The number of thiazole rings is 1. The predicted octanol–water partition coefficient (Wildman–Crippen LogP) is 6.40. The molecule has 0 bridgehead atoms. The highest BCUT2D eigenvalue weighted by Crippen LogP contribution is 2.33. The van der Waals surface area contributed by atoms with Crippen LogP contribution in [0.1, 0.15) is 50.4 Å². The van der Waals surface area contributed by atoms with Crippen molar-refractivity contribution in [3.63, 3.8) is 0 Å². The van der Waals surface area contributed by atoms with Crippen LogP contribution in [0.15, 0.2) is 58.4 Å². The maximum atomic E-state index is 13.5. The molecule has 0 N–H and O–H groups in total. The standard InChI is InChI=1S/C30H29Cl2N5O3S/c1-19-26(27(34-40-19)20-5-3-2-4-6-20)30(39)36-11-9-21(10-12-36)28-33-25(18-41-28)29(38)37-15-13-35(14-16-37)22-7-8-23(31)24(32)17-22/h2-8,17-18,21H,9-16H2,1H3. The van der Waals surface area contributed by atoms with Gasteiger partial charge in [-0.15, -0.1) is 11.3 Å². The zero-order chi connectivity index (χ0) is 28.5. The van der Waals surface area contributed by atoms with Crippen LogP contribution >= 0.6 is 34.5 Å². The first-order chi connectivity index (χ1) is 19.9. The van der Waals surface area contributed by atoms with E-state index in [1.165, 1.54) is 11.3 Å². The van der Waals surface area contributed by atoms with Gasteiger partial charge in [-0.3, -0.25) is 9.59 Å². The van der Waals surface area contributed by atoms with Crippen molar-refractivity contribution in [2.24, 2.45) is 0 Å². The SMILES string of the molecule is Cc1onc(-c2ccccc2)c1C(=O)N1CCC(c2nc(C(=O)N3CCN(c4ccc(Cl)c(Cl)c4)CC3)cs2)CC1. The fourth-order valence-corrected chi connectivity index (χ4v) is 6.75. The summed E-state index contributed by atoms with van der Waals surface area (Å²) in [6.45, 7) is 5.65. The summed E-state index contributed by atoms with van der Waals surface area (Å²) in [6, 6.07) is 15.2. The number of amides is 2. The Bertz CT molecular complexity index is 1560. The summed E-state index contributed by atoms with van der Waals surface area (Å²) in [4.78, 5) is 37.4. The van der Waals surface area contributed by atoms with E-state index in [-0.39, 0.29) is 17.7 Å². The van der Waals surface area contributed by atoms with Crippen molar-refractivity contribution in [1.82, 2.24) is 19.9 Å². The van der Waals surface area contributed by atoms with E-state index in [1.807, 2.05) is 57.6 Å². The van der Waals surface area contributed by atoms with E-state index in [0.717, 1.165) is 29.1 Å². The molecule has 0 saturated carbocycles. The zero-order valence-electron chi connectivity index (χ0n) is 22.6. The molecular formula is C30H29Cl2N5O3S. The first kappa shape index (κ1) is 27.8. The van der Waals surface area contributed by atoms with Crippen LogP contribution in [-0.4, -0.2) is 71.0 Å². The first-order valence-electron chi connectivity index (χ1n) is 13.6. The van der Waals surface area contributed by atoms with Gasteiger partial charge in [0, 0.05) is 61.8 Å². The van der Waals surface area contributed by atoms with Gasteiger partial charge in [-0.05, 0) is 38.0 Å². The number of likely N-dealkylation sites (tertiary alicyclic amines) is 1. The molecule has 4 heterocycles. The molecule has 2 aliphatic heterocycles. The van der Waals surface area contributed by atoms with Crippen LogP contribution in [0.3, 0.4) is 0 Å². The zero-order valence-corrected chi connectivity index (χ0v) is 24.9. The third-order valence-corrected chi connectivity index (χ3v) is 9.58. The number of halogens is 2. The quantitative estimate of drug-likeness (QED) is 0.260. The molecule has 2 fully saturated rings. The van der Waals surface area contributed by atoms with Crippen molar-refractivity contribution in [2.75, 3.05) is 44.2 Å². The molecule has 0 atom stereocenters. The number of hydrogen-bond donors (Lipinski definition) is 0. The monoisotopic (exact) mass is 609 g/mol. The molecule has 2 aromatic carbocycles. The molecule has 8 nitrogen and oxygen atoms in total. The van der Waals surface area contributed by atoms with Crippen molar-refractivity contribution in [1.29, 1.82) is 0 Å². The Hall–Kier alpha value is -3.40. The van der Waals surface area contributed by atoms with Gasteiger partial charge < -0.3 is 19.2 Å². The molecule has 0 spiro atoms. The van der Waals surface area contributed by atoms with Crippen LogP contribution in [0, 0.1) is 6.92 Å². The van der Waals surface area contributed by atoms with Crippen LogP contribution in [0.5, 0.6) is 0 Å². The fourth-order valence-electron chi connectivity index (χ4n) is 5.49. The van der Waals surface area contributed by atoms with E-state index in [2.05, 4.69) is 10.1 Å². The molecule has 0 radical (unpaired) electrons. The minimum Gasteiger partial charge on any atom is -0.368 e. The number of carbonyl (C=O) groups is 2. The second kappa shape index (κ2) is 11.8. The summed E-state index contributed by atoms with van der Waals surface area (Å²) in [5.41, 5.74) is 3.47. The third-order valence-electron chi connectivity index (χ3n) is 7.83. The number of nitrogens with zero attached hydrogens (tertiary/aromatic N) is 5. The number of aromatic nitrogens is 2. The first-order valence-corrected chi connectivity index (χ1v) is 15.3. The van der Waals surface area contributed by atoms with Gasteiger partial charge in [0.1, 0.15) is 22.7 Å². The molecule has 4 aromatic rings. The van der Waals surface area contributed by atoms with Crippen molar-refractivity contribution in [3.8, 4) is 11.3 Å². The Labute approximate surface area is 252 Å². The molecule has 2 aromatic heterocycles. The fraction of sp³-hybridized carbons (Fsp3) is 0.333. The second-order valence-corrected chi connectivity index (χ2v) is 12.0. The molecular weight excluding hydrogens is 581 g/mol. The molecule has 212 valence electrons. The predicted molar refractivity (Wildman–Crippen MR) is 161 cm³/mol. The minimum absolute atomic E-state index is 0.0368. The third kappa shape index (κ3) is 5.71. The molecule has 0 aliphatic carbocycles. The van der Waals surface area contributed by atoms with Crippen LogP contribution < -0.4 is 4.90 Å². The van der Waals surface area contributed by atoms with Gasteiger partial charge in [0.2, 0.25) is 0 Å². The number of hydrogen-bond acceptors (Lipinski definition) is 7. The number of carbonyl (C=O) groups excluding carboxylic acids is 2. The Balaban J connectivity index is 1.05. The Morgan fingerprint density at radius 1 is 0.902 bits per heavy atom. The molecule has 0 unspecified atom stereocenters. The topological polar surface area (TPSA) is 82.8 Å². The van der Waals surface area contributed by atoms with Crippen LogP contribution in [0.2, 0.25) is 10.0 Å². The molecule has 41 heavy (non-hydrogen) atoms. The highest BCUT2D eigenvalue weighted by Gasteiger charge is 2.31. The normalized spacial score (nSPS) is 16.3. The Morgan fingerprint density at radius 2 is 1.61 bits per heavy atom. The summed E-state index contributed by atoms with van der Waals surface area (Å²) in [7, 11) is 0. The van der Waals surface area contributed by atoms with E-state index >= 15 is 0 Å². The van der Waals surface area contributed by atoms with Gasteiger partial charge in [-0.2, -0.15) is 0 Å². The summed E-state index contributed by atoms with van der Waals surface area (Å²) in [5, 5.41) is 8.05. The number of anilines is 1. The maximum Gasteiger partial charge on any atom is 0.273 e. The highest BCUT2D eigenvalue weighted by molar-refractivity contribution is 7.09. The lowest BCUT2D eigenvalue weighted by molar-refractivity contribution is 0.0711. The van der Waals surface area contributed by atoms with Crippen molar-refractivity contribution in [3.05, 3.63) is 86.0 Å². The van der Waals surface area contributed by atoms with Crippen LogP contribution in [-0.2, 0) is 0 Å². The second-order valence-electron chi connectivity index (χ2n) is 10.3. The van der Waals surface area contributed by atoms with Gasteiger partial charge in [-0.25, -0.2) is 4.98 Å². The maximum absolute atomic E-state index is 13.5. The minimum atomic E-state index is -0.0592. The van der Waals surface area contributed by atoms with Crippen LogP contribution in [0.4, 0.5) is 5.69 Å². The number of piperazine rings is 1. The lowest BCUT2D eigenvalue weighted by Gasteiger charge is -2.36. The number of rotatable bonds is 5. The summed E-state index contributed by atoms with van der Waals surface area (Å²) >= 11 is 13.8. The van der Waals surface area contributed by atoms with Crippen molar-refractivity contribution >= 4 is 52.0 Å². The van der Waals surface area contributed by atoms with E-state index in [1.54, 1.807) is 13.0 Å². The Kier molecular flexibility index (Phi) is 8.01. The number of piperidine rings is 1. The van der Waals surface area contributed by atoms with Gasteiger partial charge in [0.25, 0.3) is 11.8 Å². The lowest BCUT2D eigenvalue weighted by atomic mass is 9.96. The highest BCUT2D eigenvalue weighted by atomic mass is 35.5. The van der Waals surface area contributed by atoms with E-state index in [9.17, 15) is 9.59 Å². The van der Waals surface area contributed by atoms with E-state index in [0.29, 0.717) is 72.0 Å². The van der Waals surface area contributed by atoms with Gasteiger partial charge in [-0.1, -0.05) is 58.7 Å². The molecule has 2 aliphatic rings. The van der Waals surface area contributed by atoms with Gasteiger partial charge in [0.05, 0.1) is 15.1 Å². The van der Waals surface area contributed by atoms with Crippen molar-refractivity contribution in [2.45, 2.75) is 25.7 Å². The lowest BCUT2D eigenvalue weighted by Crippen LogP contribution is -2.48. The van der Waals surface area contributed by atoms with Gasteiger partial charge >= 0.3 is 0 Å². The van der Waals surface area contributed by atoms with Crippen molar-refractivity contribution < 1.29 is 14.1 Å². The summed E-state index contributed by atoms with van der Waals surface area (Å²) in [6.07, 6.45) is 1.58. The summed E-state index contributed by atoms with van der Waals surface area (Å²) < 4.78 is 5.41. The van der Waals surface area contributed by atoms with Gasteiger partial charge in [0.15, 0.2) is 0 Å². The smallest absolute Gasteiger partial charge is 0.273 e. The number of benzene rings is 2. The largest absolute Gasteiger partial charge is 0.368 e. The van der Waals surface area contributed by atoms with E-state index < -0.39 is 0 Å². The molecule has 6 rings (SSSR count). The van der Waals surface area contributed by atoms with Crippen LogP contribution in [0.25, 0.3) is 11.3 Å². The molecule has 11 heteroatoms. The average molecular weight is 611 g/mol. The van der Waals surface area contributed by atoms with E-state index in [4.69, 9.17) is 32.7 Å². The number of aryl methyl sites for hydroxylation is 1. The molecule has 2 amide bonds. The summed E-state index contributed by atoms with van der Waals surface area (Å²) in [5.74, 6) is 0.646. The Morgan fingerprint density at radius 3 is 2.32 bits per heavy atom. The average Bonchev–Trinajstić information content (AvgIpc) is 3.66. The molecule has 2 saturated heterocycles.